The van der Waals surface area contributed by atoms with Gasteiger partial charge in [-0.25, -0.2) is 0 Å². The largest absolute Gasteiger partial charge is 0.466 e. The van der Waals surface area contributed by atoms with Crippen LogP contribution < -0.4 is 5.32 Å². The third kappa shape index (κ3) is 69.4. The van der Waals surface area contributed by atoms with Crippen LogP contribution in [0.1, 0.15) is 438 Å². The first kappa shape index (κ1) is 82.3. The van der Waals surface area contributed by atoms with Gasteiger partial charge in [0.05, 0.1) is 25.4 Å². The molecule has 0 heterocycles. The zero-order valence-corrected chi connectivity index (χ0v) is 57.2. The Labute approximate surface area is 526 Å². The number of esters is 1. The molecule has 0 fully saturated rings. The highest BCUT2D eigenvalue weighted by Gasteiger charge is 2.18. The number of carbonyl (C=O) groups excluding carboxylic acids is 2. The molecule has 2 atom stereocenters. The Morgan fingerprint density at radius 1 is 0.321 bits per heavy atom. The van der Waals surface area contributed by atoms with E-state index < -0.39 is 12.1 Å². The quantitative estimate of drug-likeness (QED) is 0.0320. The van der Waals surface area contributed by atoms with Crippen LogP contribution in [-0.4, -0.2) is 47.4 Å². The van der Waals surface area contributed by atoms with E-state index in [-0.39, 0.29) is 18.5 Å². The Kier molecular flexibility index (Phi) is 72.3. The van der Waals surface area contributed by atoms with Gasteiger partial charge in [0.2, 0.25) is 5.91 Å². The van der Waals surface area contributed by atoms with E-state index in [2.05, 4.69) is 31.3 Å². The minimum Gasteiger partial charge on any atom is -0.466 e. The fourth-order valence-corrected chi connectivity index (χ4v) is 12.3. The maximum atomic E-state index is 12.5. The van der Waals surface area contributed by atoms with Gasteiger partial charge in [-0.05, 0) is 57.8 Å². The van der Waals surface area contributed by atoms with Crippen molar-refractivity contribution in [2.75, 3.05) is 13.2 Å². The number of hydrogen-bond acceptors (Lipinski definition) is 5. The van der Waals surface area contributed by atoms with Gasteiger partial charge in [0.25, 0.3) is 0 Å². The molecule has 6 nitrogen and oxygen atoms in total. The predicted molar refractivity (Wildman–Crippen MR) is 370 cm³/mol. The van der Waals surface area contributed by atoms with Crippen molar-refractivity contribution < 1.29 is 24.5 Å². The highest BCUT2D eigenvalue weighted by Crippen LogP contribution is 2.20. The summed E-state index contributed by atoms with van der Waals surface area (Å²) in [5.74, 6) is -0.0441. The average Bonchev–Trinajstić information content (AvgIpc) is 3.51. The van der Waals surface area contributed by atoms with Crippen molar-refractivity contribution >= 4 is 11.9 Å². The summed E-state index contributed by atoms with van der Waals surface area (Å²) in [7, 11) is 0. The zero-order chi connectivity index (χ0) is 60.6. The minimum absolute atomic E-state index is 0.0146. The van der Waals surface area contributed by atoms with E-state index in [1.165, 1.54) is 366 Å². The summed E-state index contributed by atoms with van der Waals surface area (Å²) in [6.07, 6.45) is 94.4. The average molecular weight is 1180 g/mol. The van der Waals surface area contributed by atoms with Crippen LogP contribution in [0.5, 0.6) is 0 Å². The molecule has 2 unspecified atom stereocenters. The third-order valence-electron chi connectivity index (χ3n) is 18.2. The van der Waals surface area contributed by atoms with E-state index in [0.29, 0.717) is 19.4 Å². The Hall–Kier alpha value is -1.66. The van der Waals surface area contributed by atoms with Gasteiger partial charge in [0, 0.05) is 12.8 Å². The number of carbonyl (C=O) groups is 2. The zero-order valence-electron chi connectivity index (χ0n) is 57.2. The molecule has 84 heavy (non-hydrogen) atoms. The summed E-state index contributed by atoms with van der Waals surface area (Å²) in [5.41, 5.74) is 0. The standard InChI is InChI=1S/C78H151NO5/c1-3-5-7-9-11-13-15-17-19-20-40-43-46-50-54-58-62-66-70-76(81)75(74-80)79-77(82)71-67-63-59-55-51-47-44-41-38-36-34-32-30-28-26-24-22-21-23-25-27-29-31-33-35-37-39-42-45-49-53-57-61-65-69-73-84-78(83)72-68-64-60-56-52-48-18-16-14-12-10-8-6-4-2/h16,18,66,70,75-76,80-81H,3-15,17,19-65,67-69,71-74H2,1-2H3,(H,79,82)/b18-16-,70-66+. The molecule has 3 N–H and O–H groups in total. The van der Waals surface area contributed by atoms with E-state index >= 15 is 0 Å². The van der Waals surface area contributed by atoms with Gasteiger partial charge < -0.3 is 20.3 Å². The van der Waals surface area contributed by atoms with Gasteiger partial charge >= 0.3 is 5.97 Å². The summed E-state index contributed by atoms with van der Waals surface area (Å²) in [6.45, 7) is 4.94. The third-order valence-corrected chi connectivity index (χ3v) is 18.2. The number of amides is 1. The predicted octanol–water partition coefficient (Wildman–Crippen LogP) is 25.3. The number of unbranched alkanes of at least 4 members (excludes halogenated alkanes) is 60. The van der Waals surface area contributed by atoms with Crippen molar-refractivity contribution in [1.29, 1.82) is 0 Å². The van der Waals surface area contributed by atoms with Gasteiger partial charge in [0.15, 0.2) is 0 Å². The lowest BCUT2D eigenvalue weighted by Gasteiger charge is -2.20. The molecule has 1 amide bonds. The van der Waals surface area contributed by atoms with Crippen LogP contribution in [0.25, 0.3) is 0 Å². The van der Waals surface area contributed by atoms with Crippen LogP contribution in [0.2, 0.25) is 0 Å². The molecule has 0 aromatic rings. The molecule has 0 saturated heterocycles. The fraction of sp³-hybridized carbons (Fsp3) is 0.923. The molecule has 0 rings (SSSR count). The molecule has 0 aromatic carbocycles. The number of nitrogens with one attached hydrogen (secondary N) is 1. The summed E-state index contributed by atoms with van der Waals surface area (Å²) in [4.78, 5) is 24.6. The molecule has 0 spiro atoms. The number of rotatable bonds is 73. The normalized spacial score (nSPS) is 12.6. The lowest BCUT2D eigenvalue weighted by Crippen LogP contribution is -2.45. The molecule has 0 aliphatic rings. The van der Waals surface area contributed by atoms with E-state index in [0.717, 1.165) is 44.9 Å². The lowest BCUT2D eigenvalue weighted by molar-refractivity contribution is -0.143. The molecule has 0 radical (unpaired) electrons. The molecule has 0 aliphatic carbocycles. The summed E-state index contributed by atoms with van der Waals surface area (Å²) in [6, 6.07) is -0.624. The second-order valence-electron chi connectivity index (χ2n) is 26.7. The van der Waals surface area contributed by atoms with Gasteiger partial charge in [0.1, 0.15) is 0 Å². The number of ether oxygens (including phenoxy) is 1. The molecule has 6 heteroatoms. The monoisotopic (exact) mass is 1180 g/mol. The fourth-order valence-electron chi connectivity index (χ4n) is 12.3. The summed E-state index contributed by atoms with van der Waals surface area (Å²) in [5, 5.41) is 23.2. The Morgan fingerprint density at radius 2 is 0.560 bits per heavy atom. The van der Waals surface area contributed by atoms with E-state index in [9.17, 15) is 19.8 Å². The van der Waals surface area contributed by atoms with E-state index in [1.807, 2.05) is 6.08 Å². The van der Waals surface area contributed by atoms with Gasteiger partial charge in [-0.15, -0.1) is 0 Å². The lowest BCUT2D eigenvalue weighted by atomic mass is 10.0. The molecule has 0 aliphatic heterocycles. The van der Waals surface area contributed by atoms with Crippen molar-refractivity contribution in [3.63, 3.8) is 0 Å². The Bertz CT molecular complexity index is 1320. The topological polar surface area (TPSA) is 95.9 Å². The van der Waals surface area contributed by atoms with E-state index in [1.54, 1.807) is 6.08 Å². The second kappa shape index (κ2) is 73.8. The first-order valence-electron chi connectivity index (χ1n) is 38.6. The number of allylic oxidation sites excluding steroid dienone is 3. The highest BCUT2D eigenvalue weighted by molar-refractivity contribution is 5.76. The molecule has 0 aromatic heterocycles. The van der Waals surface area contributed by atoms with Crippen LogP contribution in [0.15, 0.2) is 24.3 Å². The number of aliphatic hydroxyl groups excluding tert-OH is 2. The van der Waals surface area contributed by atoms with Gasteiger partial charge in [-0.1, -0.05) is 391 Å². The number of hydrogen-bond donors (Lipinski definition) is 3. The number of aliphatic hydroxyl groups is 2. The van der Waals surface area contributed by atoms with Crippen LogP contribution in [0.4, 0.5) is 0 Å². The summed E-state index contributed by atoms with van der Waals surface area (Å²) < 4.78 is 5.49. The Morgan fingerprint density at radius 3 is 0.845 bits per heavy atom. The van der Waals surface area contributed by atoms with Crippen molar-refractivity contribution in [2.45, 2.75) is 450 Å². The van der Waals surface area contributed by atoms with Gasteiger partial charge in [-0.3, -0.25) is 9.59 Å². The molecular formula is C78H151NO5. The highest BCUT2D eigenvalue weighted by atomic mass is 16.5. The van der Waals surface area contributed by atoms with E-state index in [4.69, 9.17) is 4.74 Å². The Balaban J connectivity index is 3.32. The maximum absolute atomic E-state index is 12.5. The van der Waals surface area contributed by atoms with Crippen LogP contribution in [-0.2, 0) is 14.3 Å². The first-order chi connectivity index (χ1) is 41.5. The van der Waals surface area contributed by atoms with Crippen molar-refractivity contribution in [2.24, 2.45) is 0 Å². The van der Waals surface area contributed by atoms with Crippen LogP contribution in [0, 0.1) is 0 Å². The molecule has 0 bridgehead atoms. The summed E-state index contributed by atoms with van der Waals surface area (Å²) >= 11 is 0. The SMILES string of the molecule is CCCCCCC/C=C\CCCCCCCC(=O)OCCCCCCCCCCCCCCCCCCCCCCCCCCCCCCCCCCCCCC(=O)NC(CO)C(O)/C=C/CCCCCCCCCCCCCCCCCC. The first-order valence-corrected chi connectivity index (χ1v) is 38.6. The van der Waals surface area contributed by atoms with Crippen molar-refractivity contribution in [3.8, 4) is 0 Å². The maximum Gasteiger partial charge on any atom is 0.305 e. The van der Waals surface area contributed by atoms with Crippen LogP contribution >= 0.6 is 0 Å². The minimum atomic E-state index is -0.841. The molecule has 0 saturated carbocycles. The van der Waals surface area contributed by atoms with Crippen molar-refractivity contribution in [1.82, 2.24) is 5.32 Å². The smallest absolute Gasteiger partial charge is 0.305 e. The van der Waals surface area contributed by atoms with Crippen molar-refractivity contribution in [3.05, 3.63) is 24.3 Å². The van der Waals surface area contributed by atoms with Crippen LogP contribution in [0.3, 0.4) is 0 Å². The van der Waals surface area contributed by atoms with Gasteiger partial charge in [-0.2, -0.15) is 0 Å². The molecular weight excluding hydrogens is 1030 g/mol. The second-order valence-corrected chi connectivity index (χ2v) is 26.7. The molecule has 498 valence electrons.